The molecule has 7 heteroatoms. The Kier molecular flexibility index (Phi) is 5.79. The Morgan fingerprint density at radius 2 is 2.03 bits per heavy atom. The van der Waals surface area contributed by atoms with Crippen LogP contribution in [0.2, 0.25) is 19.1 Å². The van der Waals surface area contributed by atoms with E-state index in [1.807, 2.05) is 35.2 Å². The van der Waals surface area contributed by atoms with Crippen LogP contribution in [0.1, 0.15) is 16.7 Å². The highest BCUT2D eigenvalue weighted by Crippen LogP contribution is 2.40. The van der Waals surface area contributed by atoms with Crippen molar-refractivity contribution in [1.82, 2.24) is 19.5 Å². The van der Waals surface area contributed by atoms with E-state index in [0.717, 1.165) is 46.1 Å². The van der Waals surface area contributed by atoms with Crippen LogP contribution in [0.3, 0.4) is 0 Å². The number of nitrogens with zero attached hydrogens (tertiary/aromatic N) is 5. The van der Waals surface area contributed by atoms with Crippen molar-refractivity contribution in [1.29, 1.82) is 5.26 Å². The maximum Gasteiger partial charge on any atom is 0.145 e. The second-order valence-corrected chi connectivity index (χ2v) is 11.9. The molecule has 0 N–H and O–H groups in total. The molecule has 1 aliphatic rings. The summed E-state index contributed by atoms with van der Waals surface area (Å²) >= 11 is 0. The molecule has 0 amide bonds. The summed E-state index contributed by atoms with van der Waals surface area (Å²) in [4.78, 5) is 13.4. The van der Waals surface area contributed by atoms with Gasteiger partial charge in [-0.3, -0.25) is 4.98 Å². The number of rotatable bonds is 7. The Bertz CT molecular complexity index is 1320. The van der Waals surface area contributed by atoms with Gasteiger partial charge in [-0.1, -0.05) is 31.3 Å². The van der Waals surface area contributed by atoms with Gasteiger partial charge in [-0.25, -0.2) is 9.97 Å². The highest BCUT2D eigenvalue weighted by molar-refractivity contribution is 6.55. The lowest BCUT2D eigenvalue weighted by Crippen LogP contribution is -2.24. The van der Waals surface area contributed by atoms with E-state index in [1.54, 1.807) is 12.5 Å². The summed E-state index contributed by atoms with van der Waals surface area (Å²) in [6.45, 7) is 5.85. The zero-order valence-corrected chi connectivity index (χ0v) is 20.0. The number of ether oxygens (including phenoxy) is 1. The van der Waals surface area contributed by atoms with Crippen LogP contribution in [-0.4, -0.2) is 34.9 Å². The molecular weight excluding hydrogens is 426 g/mol. The van der Waals surface area contributed by atoms with Gasteiger partial charge in [0.05, 0.1) is 17.2 Å². The van der Waals surface area contributed by atoms with Gasteiger partial charge in [-0.2, -0.15) is 5.26 Å². The second kappa shape index (κ2) is 8.89. The molecule has 33 heavy (non-hydrogen) atoms. The number of hydrogen-bond acceptors (Lipinski definition) is 5. The Hall–Kier alpha value is -3.34. The summed E-state index contributed by atoms with van der Waals surface area (Å²) in [5.41, 5.74) is 5.53. The zero-order chi connectivity index (χ0) is 22.8. The first-order chi connectivity index (χ1) is 16.1. The van der Waals surface area contributed by atoms with Crippen molar-refractivity contribution >= 4 is 19.8 Å². The number of nitriles is 1. The molecule has 3 aromatic heterocycles. The Morgan fingerprint density at radius 3 is 2.85 bits per heavy atom. The zero-order valence-electron chi connectivity index (χ0n) is 19.0. The minimum absolute atomic E-state index is 0.281. The summed E-state index contributed by atoms with van der Waals surface area (Å²) in [6, 6.07) is 16.1. The van der Waals surface area contributed by atoms with Gasteiger partial charge in [-0.15, -0.1) is 0 Å². The Labute approximate surface area is 195 Å². The summed E-state index contributed by atoms with van der Waals surface area (Å²) in [7, 11) is -0.281. The smallest absolute Gasteiger partial charge is 0.145 e. The van der Waals surface area contributed by atoms with Crippen molar-refractivity contribution in [2.45, 2.75) is 44.1 Å². The SMILES string of the molecule is C[Si](C)CCOCn1ccc2c(-c3cccc(C4(C#N)Cc5ccncc5C4)c3)ncnc21. The number of benzene rings is 1. The number of hydrogen-bond donors (Lipinski definition) is 0. The molecule has 0 aliphatic heterocycles. The van der Waals surface area contributed by atoms with Crippen LogP contribution >= 0.6 is 0 Å². The summed E-state index contributed by atoms with van der Waals surface area (Å²) < 4.78 is 7.90. The van der Waals surface area contributed by atoms with Gasteiger partial charge >= 0.3 is 0 Å². The van der Waals surface area contributed by atoms with Gasteiger partial charge < -0.3 is 9.30 Å². The van der Waals surface area contributed by atoms with Crippen LogP contribution in [0.15, 0.2) is 61.3 Å². The van der Waals surface area contributed by atoms with Crippen molar-refractivity contribution < 1.29 is 4.74 Å². The molecule has 5 rings (SSSR count). The average Bonchev–Trinajstić information content (AvgIpc) is 3.44. The molecule has 1 unspecified atom stereocenters. The average molecular weight is 453 g/mol. The lowest BCUT2D eigenvalue weighted by Gasteiger charge is -2.21. The highest BCUT2D eigenvalue weighted by Gasteiger charge is 2.39. The van der Waals surface area contributed by atoms with Crippen LogP contribution in [0.4, 0.5) is 0 Å². The third-order valence-corrected chi connectivity index (χ3v) is 7.63. The van der Waals surface area contributed by atoms with Crippen molar-refractivity contribution in [2.24, 2.45) is 0 Å². The molecule has 6 nitrogen and oxygen atoms in total. The standard InChI is InChI=1S/C26H26N5OSi/c1-33(2)11-10-32-18-31-9-7-23-24(29-17-30-25(23)31)19-4-3-5-22(12-19)26(16-27)13-20-6-8-28-15-21(20)14-26/h3-9,12,15,17H,10-11,13-14,18H2,1-2H3. The Morgan fingerprint density at radius 1 is 1.15 bits per heavy atom. The monoisotopic (exact) mass is 452 g/mol. The summed E-state index contributed by atoms with van der Waals surface area (Å²) in [5, 5.41) is 11.2. The first kappa shape index (κ1) is 21.5. The summed E-state index contributed by atoms with van der Waals surface area (Å²) in [5.74, 6) is 0. The van der Waals surface area contributed by atoms with Crippen molar-refractivity contribution in [2.75, 3.05) is 6.61 Å². The third-order valence-electron chi connectivity index (χ3n) is 6.42. The van der Waals surface area contributed by atoms with Crippen molar-refractivity contribution in [3.8, 4) is 17.3 Å². The van der Waals surface area contributed by atoms with Gasteiger partial charge in [0.1, 0.15) is 18.7 Å². The molecule has 0 saturated carbocycles. The molecule has 0 spiro atoms. The Balaban J connectivity index is 1.46. The van der Waals surface area contributed by atoms with Crippen molar-refractivity contribution in [3.63, 3.8) is 0 Å². The van der Waals surface area contributed by atoms with E-state index in [-0.39, 0.29) is 8.80 Å². The normalized spacial score (nSPS) is 17.4. The van der Waals surface area contributed by atoms with Crippen LogP contribution < -0.4 is 0 Å². The van der Waals surface area contributed by atoms with Gasteiger partial charge in [0.25, 0.3) is 0 Å². The molecule has 1 aromatic carbocycles. The quantitative estimate of drug-likeness (QED) is 0.298. The van der Waals surface area contributed by atoms with Crippen LogP contribution in [-0.2, 0) is 29.7 Å². The molecule has 3 heterocycles. The van der Waals surface area contributed by atoms with E-state index in [4.69, 9.17) is 4.74 Å². The second-order valence-electron chi connectivity index (χ2n) is 9.01. The van der Waals surface area contributed by atoms with E-state index in [9.17, 15) is 5.26 Å². The number of fused-ring (bicyclic) bond motifs is 2. The third kappa shape index (κ3) is 4.08. The van der Waals surface area contributed by atoms with Gasteiger partial charge in [0.15, 0.2) is 0 Å². The fourth-order valence-electron chi connectivity index (χ4n) is 4.59. The lowest BCUT2D eigenvalue weighted by atomic mass is 9.78. The molecule has 1 atom stereocenters. The molecule has 1 aliphatic carbocycles. The predicted octanol–water partition coefficient (Wildman–Crippen LogP) is 4.78. The minimum Gasteiger partial charge on any atom is -0.361 e. The van der Waals surface area contributed by atoms with Crippen LogP contribution in [0.5, 0.6) is 0 Å². The van der Waals surface area contributed by atoms with E-state index in [0.29, 0.717) is 19.6 Å². The number of aromatic nitrogens is 4. The van der Waals surface area contributed by atoms with Crippen LogP contribution in [0.25, 0.3) is 22.3 Å². The number of pyridine rings is 1. The maximum absolute atomic E-state index is 10.2. The van der Waals surface area contributed by atoms with E-state index < -0.39 is 5.41 Å². The fraction of sp³-hybridized carbons (Fsp3) is 0.308. The first-order valence-electron chi connectivity index (χ1n) is 11.2. The van der Waals surface area contributed by atoms with Gasteiger partial charge in [-0.05, 0) is 53.8 Å². The lowest BCUT2D eigenvalue weighted by molar-refractivity contribution is 0.0902. The molecule has 0 saturated heterocycles. The molecular formula is C26H26N5OSi. The van der Waals surface area contributed by atoms with E-state index in [2.05, 4.69) is 52.3 Å². The van der Waals surface area contributed by atoms with Crippen molar-refractivity contribution in [3.05, 3.63) is 78.0 Å². The minimum atomic E-state index is -0.577. The summed E-state index contributed by atoms with van der Waals surface area (Å²) in [6.07, 6.45) is 8.70. The molecule has 0 bridgehead atoms. The molecule has 165 valence electrons. The van der Waals surface area contributed by atoms with Crippen LogP contribution in [0, 0.1) is 11.3 Å². The van der Waals surface area contributed by atoms with Gasteiger partial charge in [0.2, 0.25) is 0 Å². The predicted molar refractivity (Wildman–Crippen MR) is 130 cm³/mol. The van der Waals surface area contributed by atoms with Gasteiger partial charge in [0, 0.05) is 44.9 Å². The topological polar surface area (TPSA) is 76.6 Å². The maximum atomic E-state index is 10.2. The van der Waals surface area contributed by atoms with E-state index >= 15 is 0 Å². The fourth-order valence-corrected chi connectivity index (χ4v) is 5.14. The molecule has 4 aromatic rings. The molecule has 0 fully saturated rings. The van der Waals surface area contributed by atoms with E-state index in [1.165, 1.54) is 5.56 Å². The highest BCUT2D eigenvalue weighted by atomic mass is 28.3. The largest absolute Gasteiger partial charge is 0.361 e. The first-order valence-corrected chi connectivity index (χ1v) is 13.9. The molecule has 1 radical (unpaired) electrons.